The van der Waals surface area contributed by atoms with Crippen molar-refractivity contribution in [3.8, 4) is 0 Å². The van der Waals surface area contributed by atoms with Crippen molar-refractivity contribution in [2.75, 3.05) is 13.2 Å². The van der Waals surface area contributed by atoms with Gasteiger partial charge in [-0.3, -0.25) is 0 Å². The topological polar surface area (TPSA) is 30.5 Å². The van der Waals surface area contributed by atoms with Crippen LogP contribution in [0.2, 0.25) is 0 Å². The van der Waals surface area contributed by atoms with Crippen molar-refractivity contribution in [3.05, 3.63) is 0 Å². The van der Waals surface area contributed by atoms with Crippen LogP contribution in [0.5, 0.6) is 0 Å². The van der Waals surface area contributed by atoms with Crippen LogP contribution < -0.4 is 5.32 Å². The van der Waals surface area contributed by atoms with E-state index in [0.717, 1.165) is 26.0 Å². The molecule has 1 saturated heterocycles. The predicted molar refractivity (Wildman–Crippen MR) is 80.6 cm³/mol. The van der Waals surface area contributed by atoms with E-state index in [1.165, 1.54) is 25.7 Å². The summed E-state index contributed by atoms with van der Waals surface area (Å²) in [5, 5.41) is 3.45. The Morgan fingerprint density at radius 1 is 1.05 bits per heavy atom. The molecular weight excluding hydrogens is 238 g/mol. The summed E-state index contributed by atoms with van der Waals surface area (Å²) in [6.07, 6.45) is 8.32. The van der Waals surface area contributed by atoms with E-state index in [4.69, 9.17) is 9.47 Å². The van der Waals surface area contributed by atoms with Crippen LogP contribution in [0.3, 0.4) is 0 Å². The highest BCUT2D eigenvalue weighted by Crippen LogP contribution is 2.21. The summed E-state index contributed by atoms with van der Waals surface area (Å²) in [6, 6.07) is 0.612. The second-order valence-electron chi connectivity index (χ2n) is 6.24. The molecule has 3 nitrogen and oxygen atoms in total. The fraction of sp³-hybridized carbons (Fsp3) is 1.00. The molecule has 1 aliphatic rings. The zero-order chi connectivity index (χ0) is 14.1. The molecular formula is C16H33NO2. The standard InChI is InChI=1S/C16H33NO2/c1-13(2)17-9-7-5-6-8-10-18-16-11-14(3)19-15(4)12-16/h13-17H,5-12H2,1-4H3. The lowest BCUT2D eigenvalue weighted by Crippen LogP contribution is -2.34. The molecule has 1 N–H and O–H groups in total. The van der Waals surface area contributed by atoms with E-state index in [-0.39, 0.29) is 0 Å². The Morgan fingerprint density at radius 3 is 2.32 bits per heavy atom. The molecule has 2 atom stereocenters. The lowest BCUT2D eigenvalue weighted by molar-refractivity contribution is -0.102. The van der Waals surface area contributed by atoms with Gasteiger partial charge in [0.25, 0.3) is 0 Å². The summed E-state index contributed by atoms with van der Waals surface area (Å²) in [7, 11) is 0. The van der Waals surface area contributed by atoms with Gasteiger partial charge in [0.1, 0.15) is 0 Å². The minimum Gasteiger partial charge on any atom is -0.378 e. The fourth-order valence-corrected chi connectivity index (χ4v) is 2.70. The van der Waals surface area contributed by atoms with Crippen LogP contribution in [0, 0.1) is 0 Å². The van der Waals surface area contributed by atoms with E-state index >= 15 is 0 Å². The Kier molecular flexibility index (Phi) is 8.67. The van der Waals surface area contributed by atoms with Crippen LogP contribution in [-0.4, -0.2) is 37.5 Å². The zero-order valence-corrected chi connectivity index (χ0v) is 13.3. The highest BCUT2D eigenvalue weighted by atomic mass is 16.5. The first kappa shape index (κ1) is 16.9. The van der Waals surface area contributed by atoms with Crippen LogP contribution in [0.1, 0.15) is 66.2 Å². The third kappa shape index (κ3) is 8.61. The van der Waals surface area contributed by atoms with Crippen molar-refractivity contribution >= 4 is 0 Å². The van der Waals surface area contributed by atoms with Gasteiger partial charge >= 0.3 is 0 Å². The molecule has 2 unspecified atom stereocenters. The molecule has 0 aromatic rings. The smallest absolute Gasteiger partial charge is 0.0624 e. The monoisotopic (exact) mass is 271 g/mol. The molecule has 0 aliphatic carbocycles. The molecule has 0 spiro atoms. The molecule has 3 heteroatoms. The summed E-state index contributed by atoms with van der Waals surface area (Å²) in [5.41, 5.74) is 0. The van der Waals surface area contributed by atoms with Crippen molar-refractivity contribution in [2.45, 2.75) is 90.6 Å². The van der Waals surface area contributed by atoms with Crippen LogP contribution in [0.15, 0.2) is 0 Å². The van der Waals surface area contributed by atoms with Crippen LogP contribution in [0.4, 0.5) is 0 Å². The number of hydrogen-bond donors (Lipinski definition) is 1. The highest BCUT2D eigenvalue weighted by Gasteiger charge is 2.24. The Morgan fingerprint density at radius 2 is 1.68 bits per heavy atom. The van der Waals surface area contributed by atoms with E-state index in [1.54, 1.807) is 0 Å². The second kappa shape index (κ2) is 9.73. The number of ether oxygens (including phenoxy) is 2. The number of rotatable bonds is 9. The zero-order valence-electron chi connectivity index (χ0n) is 13.3. The van der Waals surface area contributed by atoms with Gasteiger partial charge in [-0.1, -0.05) is 26.7 Å². The summed E-state index contributed by atoms with van der Waals surface area (Å²) in [5.74, 6) is 0. The number of unbranched alkanes of at least 4 members (excludes halogenated alkanes) is 3. The highest BCUT2D eigenvalue weighted by molar-refractivity contribution is 4.73. The molecule has 19 heavy (non-hydrogen) atoms. The lowest BCUT2D eigenvalue weighted by Gasteiger charge is -2.32. The third-order valence-corrected chi connectivity index (χ3v) is 3.63. The first-order valence-electron chi connectivity index (χ1n) is 8.08. The van der Waals surface area contributed by atoms with Crippen molar-refractivity contribution in [1.29, 1.82) is 0 Å². The number of nitrogens with one attached hydrogen (secondary N) is 1. The summed E-state index contributed by atoms with van der Waals surface area (Å²) >= 11 is 0. The molecule has 0 bridgehead atoms. The summed E-state index contributed by atoms with van der Waals surface area (Å²) in [4.78, 5) is 0. The quantitative estimate of drug-likeness (QED) is 0.651. The average Bonchev–Trinajstić information content (AvgIpc) is 2.31. The van der Waals surface area contributed by atoms with Gasteiger partial charge in [0.2, 0.25) is 0 Å². The van der Waals surface area contributed by atoms with E-state index in [9.17, 15) is 0 Å². The largest absolute Gasteiger partial charge is 0.378 e. The van der Waals surface area contributed by atoms with Crippen LogP contribution in [0.25, 0.3) is 0 Å². The molecule has 114 valence electrons. The minimum absolute atomic E-state index is 0.357. The van der Waals surface area contributed by atoms with E-state index in [0.29, 0.717) is 24.4 Å². The first-order valence-corrected chi connectivity index (χ1v) is 8.08. The van der Waals surface area contributed by atoms with Crippen molar-refractivity contribution in [3.63, 3.8) is 0 Å². The molecule has 1 fully saturated rings. The Labute approximate surface area is 119 Å². The van der Waals surface area contributed by atoms with Gasteiger partial charge in [-0.2, -0.15) is 0 Å². The first-order chi connectivity index (χ1) is 9.08. The third-order valence-electron chi connectivity index (χ3n) is 3.63. The maximum Gasteiger partial charge on any atom is 0.0624 e. The van der Waals surface area contributed by atoms with Crippen LogP contribution >= 0.6 is 0 Å². The van der Waals surface area contributed by atoms with Crippen molar-refractivity contribution < 1.29 is 9.47 Å². The molecule has 0 aromatic carbocycles. The SMILES string of the molecule is CC(C)NCCCCCCOC1CC(C)OC(C)C1. The summed E-state index contributed by atoms with van der Waals surface area (Å²) < 4.78 is 11.7. The van der Waals surface area contributed by atoms with E-state index < -0.39 is 0 Å². The van der Waals surface area contributed by atoms with E-state index in [1.807, 2.05) is 0 Å². The van der Waals surface area contributed by atoms with Crippen molar-refractivity contribution in [1.82, 2.24) is 5.32 Å². The average molecular weight is 271 g/mol. The van der Waals surface area contributed by atoms with E-state index in [2.05, 4.69) is 33.0 Å². The van der Waals surface area contributed by atoms with Gasteiger partial charge in [0.05, 0.1) is 18.3 Å². The van der Waals surface area contributed by atoms with Crippen LogP contribution in [-0.2, 0) is 9.47 Å². The predicted octanol–water partition coefficient (Wildman–Crippen LogP) is 3.52. The Hall–Kier alpha value is -0.120. The maximum absolute atomic E-state index is 5.97. The van der Waals surface area contributed by atoms with Gasteiger partial charge in [-0.05, 0) is 46.1 Å². The Bertz CT molecular complexity index is 211. The summed E-state index contributed by atoms with van der Waals surface area (Å²) in [6.45, 7) is 10.8. The fourth-order valence-electron chi connectivity index (χ4n) is 2.70. The molecule has 0 aromatic heterocycles. The molecule has 0 radical (unpaired) electrons. The van der Waals surface area contributed by atoms with Gasteiger partial charge in [0, 0.05) is 12.6 Å². The van der Waals surface area contributed by atoms with Gasteiger partial charge in [0.15, 0.2) is 0 Å². The minimum atomic E-state index is 0.357. The second-order valence-corrected chi connectivity index (χ2v) is 6.24. The molecule has 0 amide bonds. The molecule has 1 heterocycles. The van der Waals surface area contributed by atoms with Crippen molar-refractivity contribution in [2.24, 2.45) is 0 Å². The lowest BCUT2D eigenvalue weighted by atomic mass is 10.0. The molecule has 1 rings (SSSR count). The van der Waals surface area contributed by atoms with Gasteiger partial charge in [-0.25, -0.2) is 0 Å². The molecule has 1 aliphatic heterocycles. The maximum atomic E-state index is 5.97. The normalized spacial score (nSPS) is 27.9. The number of hydrogen-bond acceptors (Lipinski definition) is 3. The van der Waals surface area contributed by atoms with Gasteiger partial charge in [-0.15, -0.1) is 0 Å². The molecule has 0 saturated carbocycles. The Balaban J connectivity index is 1.90. The van der Waals surface area contributed by atoms with Gasteiger partial charge < -0.3 is 14.8 Å².